The highest BCUT2D eigenvalue weighted by Gasteiger charge is 2.51. The Bertz CT molecular complexity index is 399. The van der Waals surface area contributed by atoms with Gasteiger partial charge in [0.15, 0.2) is 0 Å². The third-order valence-electron chi connectivity index (χ3n) is 2.76. The van der Waals surface area contributed by atoms with Crippen LogP contribution in [-0.2, 0) is 10.2 Å². The highest BCUT2D eigenvalue weighted by atomic mass is 19.1. The maximum absolute atomic E-state index is 12.9. The molecule has 1 aliphatic carbocycles. The average molecular weight is 194 g/mol. The maximum atomic E-state index is 12.9. The van der Waals surface area contributed by atoms with E-state index in [4.69, 9.17) is 5.73 Å². The number of carbonyl (C=O) groups excluding carboxylic acids is 1. The Morgan fingerprint density at radius 1 is 1.64 bits per heavy atom. The first-order chi connectivity index (χ1) is 6.56. The fourth-order valence-corrected chi connectivity index (χ4v) is 1.55. The van der Waals surface area contributed by atoms with Crippen LogP contribution in [0.3, 0.4) is 0 Å². The molecule has 14 heavy (non-hydrogen) atoms. The van der Waals surface area contributed by atoms with E-state index < -0.39 is 5.41 Å². The molecule has 3 nitrogen and oxygen atoms in total. The summed E-state index contributed by atoms with van der Waals surface area (Å²) in [5.74, 6) is -0.718. The van der Waals surface area contributed by atoms with Crippen molar-refractivity contribution >= 4 is 5.91 Å². The lowest BCUT2D eigenvalue weighted by Gasteiger charge is -2.10. The molecule has 1 saturated carbocycles. The first kappa shape index (κ1) is 9.12. The summed E-state index contributed by atoms with van der Waals surface area (Å²) < 4.78 is 12.9. The minimum atomic E-state index is -0.613. The summed E-state index contributed by atoms with van der Waals surface area (Å²) in [7, 11) is 0. The number of amides is 1. The summed E-state index contributed by atoms with van der Waals surface area (Å²) in [5, 5.41) is 0. The fourth-order valence-electron chi connectivity index (χ4n) is 1.55. The number of rotatable bonds is 2. The minimum Gasteiger partial charge on any atom is -0.369 e. The van der Waals surface area contributed by atoms with E-state index in [0.29, 0.717) is 11.3 Å². The number of aromatic nitrogens is 1. The summed E-state index contributed by atoms with van der Waals surface area (Å²) in [4.78, 5) is 15.1. The number of nitrogens with zero attached hydrogens (tertiary/aromatic N) is 1. The number of nitrogens with two attached hydrogens (primary N) is 1. The van der Waals surface area contributed by atoms with Crippen LogP contribution in [0, 0.1) is 12.7 Å². The minimum absolute atomic E-state index is 0.353. The van der Waals surface area contributed by atoms with Crippen LogP contribution >= 0.6 is 0 Å². The predicted molar refractivity (Wildman–Crippen MR) is 49.0 cm³/mol. The van der Waals surface area contributed by atoms with Gasteiger partial charge < -0.3 is 5.73 Å². The van der Waals surface area contributed by atoms with Crippen molar-refractivity contribution in [1.82, 2.24) is 4.98 Å². The fraction of sp³-hybridized carbons (Fsp3) is 0.400. The van der Waals surface area contributed by atoms with Crippen LogP contribution in [0.1, 0.15) is 24.1 Å². The maximum Gasteiger partial charge on any atom is 0.229 e. The summed E-state index contributed by atoms with van der Waals surface area (Å²) in [6, 6.07) is 1.60. The molecular weight excluding hydrogens is 183 g/mol. The third kappa shape index (κ3) is 1.18. The van der Waals surface area contributed by atoms with Gasteiger partial charge in [0.2, 0.25) is 5.91 Å². The molecule has 0 atom stereocenters. The van der Waals surface area contributed by atoms with Crippen LogP contribution in [0.25, 0.3) is 0 Å². The largest absolute Gasteiger partial charge is 0.369 e. The van der Waals surface area contributed by atoms with Crippen molar-refractivity contribution in [3.63, 3.8) is 0 Å². The van der Waals surface area contributed by atoms with E-state index in [1.807, 2.05) is 0 Å². The summed E-state index contributed by atoms with van der Waals surface area (Å²) >= 11 is 0. The van der Waals surface area contributed by atoms with E-state index in [1.54, 1.807) is 13.0 Å². The molecule has 1 aromatic rings. The van der Waals surface area contributed by atoms with Gasteiger partial charge in [-0.1, -0.05) is 0 Å². The molecule has 0 spiro atoms. The second-order valence-electron chi connectivity index (χ2n) is 3.77. The Kier molecular flexibility index (Phi) is 1.80. The first-order valence-electron chi connectivity index (χ1n) is 4.49. The molecule has 1 aromatic heterocycles. The topological polar surface area (TPSA) is 56.0 Å². The van der Waals surface area contributed by atoms with Gasteiger partial charge in [0.25, 0.3) is 0 Å². The quantitative estimate of drug-likeness (QED) is 0.764. The van der Waals surface area contributed by atoms with Crippen molar-refractivity contribution in [2.45, 2.75) is 25.2 Å². The summed E-state index contributed by atoms with van der Waals surface area (Å²) in [6.07, 6.45) is 2.59. The lowest BCUT2D eigenvalue weighted by atomic mass is 10.00. The summed E-state index contributed by atoms with van der Waals surface area (Å²) in [5.41, 5.74) is 5.77. The van der Waals surface area contributed by atoms with Crippen LogP contribution in [0.4, 0.5) is 4.39 Å². The van der Waals surface area contributed by atoms with Crippen LogP contribution in [0.2, 0.25) is 0 Å². The number of hydrogen-bond acceptors (Lipinski definition) is 2. The number of pyridine rings is 1. The van der Waals surface area contributed by atoms with Gasteiger partial charge in [0, 0.05) is 0 Å². The van der Waals surface area contributed by atoms with Gasteiger partial charge in [0.1, 0.15) is 5.82 Å². The second kappa shape index (κ2) is 2.77. The van der Waals surface area contributed by atoms with Crippen LogP contribution < -0.4 is 5.73 Å². The summed E-state index contributed by atoms with van der Waals surface area (Å²) in [6.45, 7) is 1.65. The number of aryl methyl sites for hydroxylation is 1. The number of hydrogen-bond donors (Lipinski definition) is 1. The molecular formula is C10H11FN2O. The smallest absolute Gasteiger partial charge is 0.229 e. The monoisotopic (exact) mass is 194 g/mol. The van der Waals surface area contributed by atoms with Crippen molar-refractivity contribution in [3.8, 4) is 0 Å². The Morgan fingerprint density at radius 2 is 2.29 bits per heavy atom. The van der Waals surface area contributed by atoms with Crippen molar-refractivity contribution in [3.05, 3.63) is 29.3 Å². The predicted octanol–water partition coefficient (Wildman–Crippen LogP) is 1.05. The molecule has 1 fully saturated rings. The Balaban J connectivity index is 2.43. The van der Waals surface area contributed by atoms with Gasteiger partial charge in [-0.25, -0.2) is 4.39 Å². The third-order valence-corrected chi connectivity index (χ3v) is 2.76. The van der Waals surface area contributed by atoms with Gasteiger partial charge >= 0.3 is 0 Å². The molecule has 4 heteroatoms. The molecule has 2 rings (SSSR count). The van der Waals surface area contributed by atoms with Crippen LogP contribution in [0.5, 0.6) is 0 Å². The molecule has 1 heterocycles. The molecule has 0 radical (unpaired) electrons. The molecule has 1 aliphatic rings. The lowest BCUT2D eigenvalue weighted by Crippen LogP contribution is -2.29. The Morgan fingerprint density at radius 3 is 2.71 bits per heavy atom. The normalized spacial score (nSPS) is 17.9. The van der Waals surface area contributed by atoms with Gasteiger partial charge in [-0.2, -0.15) is 0 Å². The van der Waals surface area contributed by atoms with Crippen molar-refractivity contribution < 1.29 is 9.18 Å². The molecule has 2 N–H and O–H groups in total. The first-order valence-corrected chi connectivity index (χ1v) is 4.49. The van der Waals surface area contributed by atoms with Crippen LogP contribution in [-0.4, -0.2) is 10.9 Å². The van der Waals surface area contributed by atoms with Crippen molar-refractivity contribution in [2.24, 2.45) is 5.73 Å². The highest BCUT2D eigenvalue weighted by Crippen LogP contribution is 2.47. The highest BCUT2D eigenvalue weighted by molar-refractivity contribution is 5.89. The second-order valence-corrected chi connectivity index (χ2v) is 3.77. The lowest BCUT2D eigenvalue weighted by molar-refractivity contribution is -0.120. The van der Waals surface area contributed by atoms with Crippen molar-refractivity contribution in [2.75, 3.05) is 0 Å². The van der Waals surface area contributed by atoms with E-state index in [0.717, 1.165) is 19.0 Å². The molecule has 74 valence electrons. The van der Waals surface area contributed by atoms with Gasteiger partial charge in [-0.15, -0.1) is 0 Å². The van der Waals surface area contributed by atoms with E-state index in [9.17, 15) is 9.18 Å². The SMILES string of the molecule is Cc1cc(C2(C(N)=O)CC2)ncc1F. The van der Waals surface area contributed by atoms with Gasteiger partial charge in [-0.05, 0) is 31.4 Å². The number of primary amides is 1. The zero-order valence-electron chi connectivity index (χ0n) is 7.88. The molecule has 0 aliphatic heterocycles. The van der Waals surface area contributed by atoms with E-state index in [1.165, 1.54) is 0 Å². The van der Waals surface area contributed by atoms with E-state index >= 15 is 0 Å². The van der Waals surface area contributed by atoms with Crippen LogP contribution in [0.15, 0.2) is 12.3 Å². The van der Waals surface area contributed by atoms with Crippen molar-refractivity contribution in [1.29, 1.82) is 0 Å². The number of halogens is 1. The molecule has 0 aromatic carbocycles. The van der Waals surface area contributed by atoms with Gasteiger partial charge in [0.05, 0.1) is 17.3 Å². The Hall–Kier alpha value is -1.45. The zero-order chi connectivity index (χ0) is 10.3. The molecule has 1 amide bonds. The average Bonchev–Trinajstić information content (AvgIpc) is 2.90. The van der Waals surface area contributed by atoms with Gasteiger partial charge in [-0.3, -0.25) is 9.78 Å². The number of carbonyl (C=O) groups is 1. The molecule has 0 bridgehead atoms. The zero-order valence-corrected chi connectivity index (χ0v) is 7.88. The Labute approximate surface area is 81.1 Å². The molecule has 0 saturated heterocycles. The standard InChI is InChI=1S/C10H11FN2O/c1-6-4-8(13-5-7(6)11)10(2-3-10)9(12)14/h4-5H,2-3H2,1H3,(H2,12,14). The van der Waals surface area contributed by atoms with E-state index in [-0.39, 0.29) is 11.7 Å². The molecule has 0 unspecified atom stereocenters. The van der Waals surface area contributed by atoms with E-state index in [2.05, 4.69) is 4.98 Å².